The molecule has 1 rings (SSSR count). The van der Waals surface area contributed by atoms with Crippen molar-refractivity contribution >= 4 is 15.8 Å². The van der Waals surface area contributed by atoms with Crippen molar-refractivity contribution in [2.45, 2.75) is 24.7 Å². The Balaban J connectivity index is 3.11. The summed E-state index contributed by atoms with van der Waals surface area (Å²) in [6, 6.07) is 2.97. The molecule has 0 fully saturated rings. The van der Waals surface area contributed by atoms with Crippen LogP contribution in [0.5, 0.6) is 0 Å². The summed E-state index contributed by atoms with van der Waals surface area (Å²) in [6.07, 6.45) is 3.05. The SMILES string of the molecule is CCCCN(CCO)S(=O)(=O)c1cccnc1NN. The standard InChI is InChI=1S/C11H20N4O3S/c1-2-3-7-15(8-9-16)19(17,18)10-5-4-6-13-11(10)14-12/h4-6,16H,2-3,7-9,12H2,1H3,(H,13,14). The van der Waals surface area contributed by atoms with E-state index in [9.17, 15) is 8.42 Å². The highest BCUT2D eigenvalue weighted by Crippen LogP contribution is 2.21. The van der Waals surface area contributed by atoms with Gasteiger partial charge in [-0.3, -0.25) is 0 Å². The van der Waals surface area contributed by atoms with Crippen LogP contribution in [0, 0.1) is 0 Å². The number of hydrazine groups is 1. The number of nitrogens with two attached hydrogens (primary N) is 1. The molecule has 0 aliphatic heterocycles. The molecule has 19 heavy (non-hydrogen) atoms. The molecule has 0 atom stereocenters. The maximum atomic E-state index is 12.5. The van der Waals surface area contributed by atoms with Crippen molar-refractivity contribution in [1.82, 2.24) is 9.29 Å². The molecule has 0 aliphatic carbocycles. The summed E-state index contributed by atoms with van der Waals surface area (Å²) >= 11 is 0. The lowest BCUT2D eigenvalue weighted by Gasteiger charge is -2.21. The molecule has 0 aliphatic rings. The Bertz CT molecular complexity index is 492. The van der Waals surface area contributed by atoms with Gasteiger partial charge in [-0.1, -0.05) is 13.3 Å². The molecular weight excluding hydrogens is 268 g/mol. The van der Waals surface area contributed by atoms with Crippen molar-refractivity contribution in [3.05, 3.63) is 18.3 Å². The second-order valence-electron chi connectivity index (χ2n) is 3.98. The highest BCUT2D eigenvalue weighted by Gasteiger charge is 2.26. The first kappa shape index (κ1) is 15.8. The highest BCUT2D eigenvalue weighted by molar-refractivity contribution is 7.89. The van der Waals surface area contributed by atoms with E-state index in [1.54, 1.807) is 0 Å². The summed E-state index contributed by atoms with van der Waals surface area (Å²) in [4.78, 5) is 3.90. The van der Waals surface area contributed by atoms with Crippen LogP contribution in [0.25, 0.3) is 0 Å². The van der Waals surface area contributed by atoms with Crippen LogP contribution in [0.2, 0.25) is 0 Å². The molecule has 0 unspecified atom stereocenters. The van der Waals surface area contributed by atoms with E-state index in [0.29, 0.717) is 6.54 Å². The van der Waals surface area contributed by atoms with Gasteiger partial charge in [0.2, 0.25) is 10.0 Å². The van der Waals surface area contributed by atoms with Crippen molar-refractivity contribution in [2.75, 3.05) is 25.1 Å². The van der Waals surface area contributed by atoms with E-state index in [1.165, 1.54) is 22.6 Å². The molecule has 0 saturated carbocycles. The first-order valence-corrected chi connectivity index (χ1v) is 7.54. The first-order valence-electron chi connectivity index (χ1n) is 6.10. The van der Waals surface area contributed by atoms with Crippen LogP contribution in [0.4, 0.5) is 5.82 Å². The molecular formula is C11H20N4O3S. The number of nitrogens with zero attached hydrogens (tertiary/aromatic N) is 2. The molecule has 0 saturated heterocycles. The molecule has 4 N–H and O–H groups in total. The minimum absolute atomic E-state index is 0.0158. The number of aliphatic hydroxyl groups is 1. The van der Waals surface area contributed by atoms with Crippen LogP contribution < -0.4 is 11.3 Å². The third-order valence-corrected chi connectivity index (χ3v) is 4.57. The summed E-state index contributed by atoms with van der Waals surface area (Å²) in [6.45, 7) is 2.16. The summed E-state index contributed by atoms with van der Waals surface area (Å²) < 4.78 is 26.2. The van der Waals surface area contributed by atoms with E-state index >= 15 is 0 Å². The summed E-state index contributed by atoms with van der Waals surface area (Å²) in [5.41, 5.74) is 2.28. The van der Waals surface area contributed by atoms with Crippen LogP contribution in [0.3, 0.4) is 0 Å². The number of nitrogen functional groups attached to an aromatic ring is 1. The Hall–Kier alpha value is -1.22. The minimum Gasteiger partial charge on any atom is -0.395 e. The third-order valence-electron chi connectivity index (χ3n) is 2.64. The molecule has 1 heterocycles. The largest absolute Gasteiger partial charge is 0.395 e. The zero-order chi connectivity index (χ0) is 14.3. The zero-order valence-corrected chi connectivity index (χ0v) is 11.7. The van der Waals surface area contributed by atoms with Crippen molar-refractivity contribution in [3.8, 4) is 0 Å². The van der Waals surface area contributed by atoms with E-state index in [2.05, 4.69) is 10.4 Å². The highest BCUT2D eigenvalue weighted by atomic mass is 32.2. The van der Waals surface area contributed by atoms with Gasteiger partial charge in [0.15, 0.2) is 5.82 Å². The third kappa shape index (κ3) is 3.87. The van der Waals surface area contributed by atoms with Crippen LogP contribution in [-0.2, 0) is 10.0 Å². The predicted octanol–water partition coefficient (Wildman–Crippen LogP) is 0.150. The fourth-order valence-corrected chi connectivity index (χ4v) is 3.22. The van der Waals surface area contributed by atoms with Crippen LogP contribution in [-0.4, -0.2) is 42.5 Å². The number of nitrogens with one attached hydrogen (secondary N) is 1. The topological polar surface area (TPSA) is 109 Å². The van der Waals surface area contributed by atoms with Gasteiger partial charge in [-0.05, 0) is 18.6 Å². The summed E-state index contributed by atoms with van der Waals surface area (Å²) in [5.74, 6) is 5.38. The van der Waals surface area contributed by atoms with Crippen LogP contribution in [0.15, 0.2) is 23.2 Å². The Kier molecular flexibility index (Phi) is 6.16. The van der Waals surface area contributed by atoms with Crippen molar-refractivity contribution in [3.63, 3.8) is 0 Å². The Labute approximate surface area is 113 Å². The van der Waals surface area contributed by atoms with Gasteiger partial charge in [-0.2, -0.15) is 4.31 Å². The molecule has 0 radical (unpaired) electrons. The number of hydrogen-bond acceptors (Lipinski definition) is 6. The second-order valence-corrected chi connectivity index (χ2v) is 5.88. The quantitative estimate of drug-likeness (QED) is 0.464. The van der Waals surface area contributed by atoms with E-state index in [4.69, 9.17) is 10.9 Å². The first-order chi connectivity index (χ1) is 9.07. The number of unbranched alkanes of at least 4 members (excludes halogenated alkanes) is 1. The van der Waals surface area contributed by atoms with E-state index < -0.39 is 10.0 Å². The predicted molar refractivity (Wildman–Crippen MR) is 72.8 cm³/mol. The molecule has 1 aromatic rings. The maximum absolute atomic E-state index is 12.5. The molecule has 0 amide bonds. The van der Waals surface area contributed by atoms with E-state index in [1.807, 2.05) is 6.92 Å². The van der Waals surface area contributed by atoms with Gasteiger partial charge in [0.05, 0.1) is 6.61 Å². The lowest BCUT2D eigenvalue weighted by Crippen LogP contribution is -2.35. The molecule has 1 aromatic heterocycles. The average molecular weight is 288 g/mol. The lowest BCUT2D eigenvalue weighted by atomic mass is 10.3. The number of anilines is 1. The number of hydrogen-bond donors (Lipinski definition) is 3. The fourth-order valence-electron chi connectivity index (χ4n) is 1.64. The van der Waals surface area contributed by atoms with Gasteiger partial charge in [0, 0.05) is 19.3 Å². The normalized spacial score (nSPS) is 11.8. The van der Waals surface area contributed by atoms with Gasteiger partial charge in [-0.15, -0.1) is 0 Å². The number of pyridine rings is 1. The Morgan fingerprint density at radius 3 is 2.79 bits per heavy atom. The van der Waals surface area contributed by atoms with E-state index in [-0.39, 0.29) is 23.9 Å². The smallest absolute Gasteiger partial charge is 0.246 e. The molecule has 8 heteroatoms. The monoisotopic (exact) mass is 288 g/mol. The van der Waals surface area contributed by atoms with Crippen molar-refractivity contribution < 1.29 is 13.5 Å². The zero-order valence-electron chi connectivity index (χ0n) is 10.9. The van der Waals surface area contributed by atoms with Gasteiger partial charge in [0.1, 0.15) is 4.90 Å². The van der Waals surface area contributed by atoms with Crippen LogP contribution >= 0.6 is 0 Å². The van der Waals surface area contributed by atoms with Crippen molar-refractivity contribution in [2.24, 2.45) is 5.84 Å². The van der Waals surface area contributed by atoms with E-state index in [0.717, 1.165) is 12.8 Å². The summed E-state index contributed by atoms with van der Waals surface area (Å²) in [5, 5.41) is 9.01. The molecule has 108 valence electrons. The second kappa shape index (κ2) is 7.39. The molecule has 0 spiro atoms. The average Bonchev–Trinajstić information content (AvgIpc) is 2.43. The lowest BCUT2D eigenvalue weighted by molar-refractivity contribution is 0.252. The Morgan fingerprint density at radius 1 is 1.47 bits per heavy atom. The fraction of sp³-hybridized carbons (Fsp3) is 0.545. The molecule has 7 nitrogen and oxygen atoms in total. The number of sulfonamides is 1. The number of aliphatic hydroxyl groups excluding tert-OH is 1. The van der Waals surface area contributed by atoms with Gasteiger partial charge >= 0.3 is 0 Å². The van der Waals surface area contributed by atoms with Gasteiger partial charge in [0.25, 0.3) is 0 Å². The van der Waals surface area contributed by atoms with Crippen molar-refractivity contribution in [1.29, 1.82) is 0 Å². The maximum Gasteiger partial charge on any atom is 0.246 e. The summed E-state index contributed by atoms with van der Waals surface area (Å²) in [7, 11) is -3.71. The Morgan fingerprint density at radius 2 is 2.21 bits per heavy atom. The number of rotatable bonds is 8. The molecule has 0 aromatic carbocycles. The molecule has 0 bridgehead atoms. The number of aromatic nitrogens is 1. The van der Waals surface area contributed by atoms with Crippen LogP contribution in [0.1, 0.15) is 19.8 Å². The minimum atomic E-state index is -3.71. The van der Waals surface area contributed by atoms with Gasteiger partial charge < -0.3 is 10.5 Å². The van der Waals surface area contributed by atoms with Gasteiger partial charge in [-0.25, -0.2) is 19.2 Å².